The van der Waals surface area contributed by atoms with Gasteiger partial charge in [-0.2, -0.15) is 0 Å². The van der Waals surface area contributed by atoms with Gasteiger partial charge in [0.25, 0.3) is 0 Å². The lowest BCUT2D eigenvalue weighted by atomic mass is 10.2. The van der Waals surface area contributed by atoms with Crippen LogP contribution >= 0.6 is 0 Å². The maximum Gasteiger partial charge on any atom is 0.149 e. The number of hydrogen-bond acceptors (Lipinski definition) is 3. The van der Waals surface area contributed by atoms with Crippen LogP contribution in [0, 0.1) is 0 Å². The van der Waals surface area contributed by atoms with Crippen molar-refractivity contribution in [1.82, 2.24) is 9.38 Å². The number of nitrogen functional groups attached to an aromatic ring is 1. The Morgan fingerprint density at radius 2 is 2.00 bits per heavy atom. The third-order valence-electron chi connectivity index (χ3n) is 2.67. The summed E-state index contributed by atoms with van der Waals surface area (Å²) in [4.78, 5) is 6.52. The zero-order chi connectivity index (χ0) is 11.9. The molecule has 0 amide bonds. The summed E-state index contributed by atoms with van der Waals surface area (Å²) in [7, 11) is 4.05. The van der Waals surface area contributed by atoms with Crippen molar-refractivity contribution >= 4 is 17.2 Å². The van der Waals surface area contributed by atoms with Crippen molar-refractivity contribution in [2.75, 3.05) is 24.7 Å². The minimum absolute atomic E-state index is 0.353. The van der Waals surface area contributed by atoms with Crippen molar-refractivity contribution < 1.29 is 0 Å². The van der Waals surface area contributed by atoms with Crippen molar-refractivity contribution in [2.24, 2.45) is 0 Å². The summed E-state index contributed by atoms with van der Waals surface area (Å²) in [5.41, 5.74) is 6.91. The largest absolute Gasteiger partial charge is 0.382 e. The quantitative estimate of drug-likeness (QED) is 0.839. The first-order valence-corrected chi connectivity index (χ1v) is 5.46. The van der Waals surface area contributed by atoms with Gasteiger partial charge in [-0.25, -0.2) is 4.98 Å². The first-order chi connectivity index (χ1) is 7.52. The van der Waals surface area contributed by atoms with Crippen molar-refractivity contribution in [3.8, 4) is 0 Å². The molecule has 0 fully saturated rings. The molecule has 2 aromatic rings. The number of nitrogens with zero attached hydrogens (tertiary/aromatic N) is 3. The Morgan fingerprint density at radius 1 is 1.31 bits per heavy atom. The Morgan fingerprint density at radius 3 is 2.56 bits per heavy atom. The van der Waals surface area contributed by atoms with E-state index in [-0.39, 0.29) is 0 Å². The fraction of sp³-hybridized carbons (Fsp3) is 0.417. The first kappa shape index (κ1) is 10.8. The fourth-order valence-corrected chi connectivity index (χ4v) is 1.91. The molecule has 2 rings (SSSR count). The van der Waals surface area contributed by atoms with Gasteiger partial charge in [0.05, 0.1) is 5.52 Å². The Bertz CT molecular complexity index is 511. The second kappa shape index (κ2) is 3.70. The van der Waals surface area contributed by atoms with Crippen LogP contribution in [0.2, 0.25) is 0 Å². The Kier molecular flexibility index (Phi) is 2.50. The summed E-state index contributed by atoms with van der Waals surface area (Å²) < 4.78 is 2.12. The van der Waals surface area contributed by atoms with Crippen LogP contribution in [-0.2, 0) is 0 Å². The third-order valence-corrected chi connectivity index (χ3v) is 2.67. The van der Waals surface area contributed by atoms with Gasteiger partial charge in [-0.3, -0.25) is 4.40 Å². The van der Waals surface area contributed by atoms with E-state index >= 15 is 0 Å². The highest BCUT2D eigenvalue weighted by atomic mass is 15.2. The number of pyridine rings is 1. The average Bonchev–Trinajstić information content (AvgIpc) is 2.56. The SMILES string of the molecule is CC(C)c1nc(N)c2cccc(N(C)C)n12. The van der Waals surface area contributed by atoms with Gasteiger partial charge >= 0.3 is 0 Å². The molecule has 0 bridgehead atoms. The van der Waals surface area contributed by atoms with Gasteiger partial charge in [0.1, 0.15) is 17.5 Å². The van der Waals surface area contributed by atoms with E-state index in [1.807, 2.05) is 26.2 Å². The van der Waals surface area contributed by atoms with Crippen molar-refractivity contribution in [3.63, 3.8) is 0 Å². The molecule has 0 saturated carbocycles. The molecule has 0 radical (unpaired) electrons. The Hall–Kier alpha value is -1.71. The standard InChI is InChI=1S/C12H18N4/c1-8(2)12-14-11(13)9-6-5-7-10(15(3)4)16(9)12/h5-8H,13H2,1-4H3. The summed E-state index contributed by atoms with van der Waals surface area (Å²) >= 11 is 0. The molecule has 4 heteroatoms. The predicted molar refractivity (Wildman–Crippen MR) is 68.0 cm³/mol. The van der Waals surface area contributed by atoms with Gasteiger partial charge in [-0.05, 0) is 12.1 Å². The molecule has 0 atom stereocenters. The lowest BCUT2D eigenvalue weighted by Crippen LogP contribution is -2.14. The lowest BCUT2D eigenvalue weighted by Gasteiger charge is -2.17. The maximum atomic E-state index is 5.93. The molecule has 16 heavy (non-hydrogen) atoms. The smallest absolute Gasteiger partial charge is 0.149 e. The second-order valence-electron chi connectivity index (χ2n) is 4.51. The minimum Gasteiger partial charge on any atom is -0.382 e. The highest BCUT2D eigenvalue weighted by Gasteiger charge is 2.14. The van der Waals surface area contributed by atoms with Gasteiger partial charge in [0.2, 0.25) is 0 Å². The van der Waals surface area contributed by atoms with Crippen LogP contribution in [0.4, 0.5) is 11.6 Å². The zero-order valence-electron chi connectivity index (χ0n) is 10.2. The minimum atomic E-state index is 0.353. The van der Waals surface area contributed by atoms with Crippen LogP contribution < -0.4 is 10.6 Å². The van der Waals surface area contributed by atoms with Gasteiger partial charge < -0.3 is 10.6 Å². The molecule has 0 aliphatic heterocycles. The summed E-state index contributed by atoms with van der Waals surface area (Å²) in [6.07, 6.45) is 0. The molecule has 2 N–H and O–H groups in total. The summed E-state index contributed by atoms with van der Waals surface area (Å²) in [6.45, 7) is 4.25. The number of fused-ring (bicyclic) bond motifs is 1. The number of imidazole rings is 1. The molecule has 2 aromatic heterocycles. The van der Waals surface area contributed by atoms with Gasteiger partial charge in [-0.15, -0.1) is 0 Å². The Balaban J connectivity index is 2.83. The number of anilines is 2. The molecular weight excluding hydrogens is 200 g/mol. The summed E-state index contributed by atoms with van der Waals surface area (Å²) in [6, 6.07) is 6.08. The lowest BCUT2D eigenvalue weighted by molar-refractivity contribution is 0.767. The van der Waals surface area contributed by atoms with E-state index in [9.17, 15) is 0 Å². The zero-order valence-corrected chi connectivity index (χ0v) is 10.2. The molecular formula is C12H18N4. The van der Waals surface area contributed by atoms with E-state index < -0.39 is 0 Å². The molecule has 0 aliphatic rings. The number of rotatable bonds is 2. The molecule has 0 aliphatic carbocycles. The number of nitrogens with two attached hydrogens (primary N) is 1. The molecule has 0 aromatic carbocycles. The fourth-order valence-electron chi connectivity index (χ4n) is 1.91. The monoisotopic (exact) mass is 218 g/mol. The van der Waals surface area contributed by atoms with Crippen LogP contribution in [0.5, 0.6) is 0 Å². The highest BCUT2D eigenvalue weighted by Crippen LogP contribution is 2.26. The summed E-state index contributed by atoms with van der Waals surface area (Å²) in [5.74, 6) is 3.07. The van der Waals surface area contributed by atoms with Crippen LogP contribution in [0.3, 0.4) is 0 Å². The molecule has 4 nitrogen and oxygen atoms in total. The van der Waals surface area contributed by atoms with Gasteiger partial charge in [0, 0.05) is 20.0 Å². The van der Waals surface area contributed by atoms with Gasteiger partial charge in [0.15, 0.2) is 0 Å². The second-order valence-corrected chi connectivity index (χ2v) is 4.51. The highest BCUT2D eigenvalue weighted by molar-refractivity contribution is 5.70. The van der Waals surface area contributed by atoms with Crippen LogP contribution in [0.25, 0.3) is 5.52 Å². The molecule has 86 valence electrons. The van der Waals surface area contributed by atoms with Crippen molar-refractivity contribution in [2.45, 2.75) is 19.8 Å². The molecule has 0 unspecified atom stereocenters. The normalized spacial score (nSPS) is 11.3. The van der Waals surface area contributed by atoms with Crippen LogP contribution in [0.1, 0.15) is 25.6 Å². The van der Waals surface area contributed by atoms with E-state index in [1.165, 1.54) is 0 Å². The molecule has 2 heterocycles. The van der Waals surface area contributed by atoms with E-state index in [1.54, 1.807) is 0 Å². The van der Waals surface area contributed by atoms with Crippen LogP contribution in [-0.4, -0.2) is 23.5 Å². The molecule has 0 saturated heterocycles. The van der Waals surface area contributed by atoms with Crippen LogP contribution in [0.15, 0.2) is 18.2 Å². The van der Waals surface area contributed by atoms with E-state index in [4.69, 9.17) is 5.73 Å². The summed E-state index contributed by atoms with van der Waals surface area (Å²) in [5, 5.41) is 0. The van der Waals surface area contributed by atoms with Crippen molar-refractivity contribution in [1.29, 1.82) is 0 Å². The van der Waals surface area contributed by atoms with E-state index in [2.05, 4.69) is 34.2 Å². The van der Waals surface area contributed by atoms with Crippen molar-refractivity contribution in [3.05, 3.63) is 24.0 Å². The first-order valence-electron chi connectivity index (χ1n) is 5.46. The van der Waals surface area contributed by atoms with Gasteiger partial charge in [-0.1, -0.05) is 19.9 Å². The maximum absolute atomic E-state index is 5.93. The molecule has 0 spiro atoms. The Labute approximate surface area is 95.7 Å². The average molecular weight is 218 g/mol. The number of aromatic nitrogens is 2. The number of hydrogen-bond donors (Lipinski definition) is 1. The predicted octanol–water partition coefficient (Wildman–Crippen LogP) is 2.11. The topological polar surface area (TPSA) is 46.6 Å². The van der Waals surface area contributed by atoms with E-state index in [0.717, 1.165) is 17.2 Å². The van der Waals surface area contributed by atoms with E-state index in [0.29, 0.717) is 11.7 Å². The third kappa shape index (κ3) is 1.50.